The lowest BCUT2D eigenvalue weighted by Gasteiger charge is -2.27. The van der Waals surface area contributed by atoms with Gasteiger partial charge in [-0.1, -0.05) is 18.2 Å². The van der Waals surface area contributed by atoms with Crippen molar-refractivity contribution in [1.29, 1.82) is 0 Å². The first kappa shape index (κ1) is 21.7. The summed E-state index contributed by atoms with van der Waals surface area (Å²) in [5.41, 5.74) is 13.1. The number of carbonyl (C=O) groups is 1. The lowest BCUT2D eigenvalue weighted by Crippen LogP contribution is -2.31. The maximum atomic E-state index is 11.7. The van der Waals surface area contributed by atoms with Crippen LogP contribution in [-0.4, -0.2) is 39.5 Å². The highest BCUT2D eigenvalue weighted by atomic mass is 16.5. The maximum absolute atomic E-state index is 11.7. The minimum atomic E-state index is -0.344. The molecule has 170 valence electrons. The van der Waals surface area contributed by atoms with Gasteiger partial charge >= 0.3 is 5.97 Å². The van der Waals surface area contributed by atoms with E-state index >= 15 is 0 Å². The Hall–Kier alpha value is -4.10. The number of rotatable bonds is 5. The van der Waals surface area contributed by atoms with E-state index in [4.69, 9.17) is 20.4 Å². The normalized spacial score (nSPS) is 13.3. The van der Waals surface area contributed by atoms with Crippen LogP contribution in [0.2, 0.25) is 0 Å². The Morgan fingerprint density at radius 2 is 1.76 bits per heavy atom. The number of esters is 1. The van der Waals surface area contributed by atoms with Gasteiger partial charge in [0.15, 0.2) is 5.82 Å². The fourth-order valence-corrected chi connectivity index (χ4v) is 4.13. The maximum Gasteiger partial charge on any atom is 0.337 e. The van der Waals surface area contributed by atoms with E-state index in [9.17, 15) is 4.79 Å². The topological polar surface area (TPSA) is 94.2 Å². The summed E-state index contributed by atoms with van der Waals surface area (Å²) < 4.78 is 4.77. The fraction of sp³-hybridized carbons (Fsp3) is 0.185. The van der Waals surface area contributed by atoms with Crippen molar-refractivity contribution >= 4 is 11.7 Å². The van der Waals surface area contributed by atoms with Gasteiger partial charge in [0.2, 0.25) is 0 Å². The Morgan fingerprint density at radius 3 is 2.53 bits per heavy atom. The first-order valence-corrected chi connectivity index (χ1v) is 11.2. The van der Waals surface area contributed by atoms with Gasteiger partial charge in [-0.2, -0.15) is 0 Å². The number of hydrogen-bond acceptors (Lipinski definition) is 7. The quantitative estimate of drug-likeness (QED) is 0.360. The van der Waals surface area contributed by atoms with Crippen LogP contribution in [0.3, 0.4) is 0 Å². The van der Waals surface area contributed by atoms with E-state index in [2.05, 4.69) is 9.88 Å². The highest BCUT2D eigenvalue weighted by Gasteiger charge is 2.19. The Bertz CT molecular complexity index is 1320. The molecule has 0 unspecified atom stereocenters. The summed E-state index contributed by atoms with van der Waals surface area (Å²) in [4.78, 5) is 28.3. The van der Waals surface area contributed by atoms with Crippen LogP contribution < -0.4 is 5.73 Å². The van der Waals surface area contributed by atoms with Crippen LogP contribution in [0.25, 0.3) is 22.6 Å². The number of anilines is 1. The molecule has 4 aromatic rings. The molecule has 7 heteroatoms. The van der Waals surface area contributed by atoms with Crippen molar-refractivity contribution in [3.8, 4) is 22.6 Å². The van der Waals surface area contributed by atoms with Gasteiger partial charge in [-0.25, -0.2) is 14.8 Å². The molecular weight excluding hydrogens is 426 g/mol. The lowest BCUT2D eigenvalue weighted by atomic mass is 10.1. The number of aromatic nitrogens is 3. The van der Waals surface area contributed by atoms with Gasteiger partial charge in [0.05, 0.1) is 29.8 Å². The molecule has 0 fully saturated rings. The van der Waals surface area contributed by atoms with Crippen LogP contribution in [0.1, 0.15) is 27.3 Å². The highest BCUT2D eigenvalue weighted by molar-refractivity contribution is 5.89. The molecule has 0 radical (unpaired) electrons. The number of benzene rings is 2. The number of hydrogen-bond donors (Lipinski definition) is 1. The second kappa shape index (κ2) is 9.41. The highest BCUT2D eigenvalue weighted by Crippen LogP contribution is 2.24. The predicted octanol–water partition coefficient (Wildman–Crippen LogP) is 4.13. The summed E-state index contributed by atoms with van der Waals surface area (Å²) in [6, 6.07) is 21.0. The molecule has 0 amide bonds. The van der Waals surface area contributed by atoms with Crippen LogP contribution in [-0.2, 0) is 24.2 Å². The van der Waals surface area contributed by atoms with Gasteiger partial charge in [-0.05, 0) is 48.5 Å². The van der Waals surface area contributed by atoms with Crippen LogP contribution >= 0.6 is 0 Å². The molecule has 0 spiro atoms. The number of carbonyl (C=O) groups excluding carboxylic acids is 1. The van der Waals surface area contributed by atoms with Crippen LogP contribution in [0, 0.1) is 0 Å². The zero-order valence-corrected chi connectivity index (χ0v) is 18.9. The number of ether oxygens (including phenoxy) is 1. The third-order valence-electron chi connectivity index (χ3n) is 5.98. The molecule has 0 saturated carbocycles. The summed E-state index contributed by atoms with van der Waals surface area (Å²) in [5.74, 6) is 0.392. The van der Waals surface area contributed by atoms with E-state index in [-0.39, 0.29) is 5.97 Å². The molecule has 2 aromatic heterocycles. The standard InChI is InChI=1S/C27H25N5O2/c1-34-27(33)20-7-5-18(6-8-20)24-4-2-3-23(30-24)17-32-14-13-25-21(16-32)15-29-26(31-25)19-9-11-22(28)12-10-19/h2-12,15H,13-14,16-17,28H2,1H3. The summed E-state index contributed by atoms with van der Waals surface area (Å²) in [7, 11) is 1.38. The summed E-state index contributed by atoms with van der Waals surface area (Å²) in [5, 5.41) is 0. The van der Waals surface area contributed by atoms with E-state index in [1.54, 1.807) is 12.1 Å². The van der Waals surface area contributed by atoms with Crippen molar-refractivity contribution in [2.45, 2.75) is 19.5 Å². The monoisotopic (exact) mass is 451 g/mol. The molecule has 5 rings (SSSR count). The van der Waals surface area contributed by atoms with E-state index in [1.807, 2.05) is 60.8 Å². The Balaban J connectivity index is 1.28. The fourth-order valence-electron chi connectivity index (χ4n) is 4.13. The molecule has 7 nitrogen and oxygen atoms in total. The number of nitrogen functional groups attached to an aromatic ring is 1. The van der Waals surface area contributed by atoms with E-state index in [0.29, 0.717) is 5.56 Å². The third kappa shape index (κ3) is 4.65. The molecule has 2 aromatic carbocycles. The Kier molecular flexibility index (Phi) is 6.01. The molecule has 2 N–H and O–H groups in total. The SMILES string of the molecule is COC(=O)c1ccc(-c2cccc(CN3CCc4nc(-c5ccc(N)cc5)ncc4C3)n2)cc1. The molecule has 0 atom stereocenters. The van der Waals surface area contributed by atoms with Gasteiger partial charge < -0.3 is 10.5 Å². The van der Waals surface area contributed by atoms with Crippen LogP contribution in [0.5, 0.6) is 0 Å². The summed E-state index contributed by atoms with van der Waals surface area (Å²) in [6.07, 6.45) is 2.81. The van der Waals surface area contributed by atoms with Crippen molar-refractivity contribution in [2.75, 3.05) is 19.4 Å². The van der Waals surface area contributed by atoms with Crippen molar-refractivity contribution in [2.24, 2.45) is 0 Å². The zero-order chi connectivity index (χ0) is 23.5. The molecule has 3 heterocycles. The second-order valence-electron chi connectivity index (χ2n) is 8.33. The first-order valence-electron chi connectivity index (χ1n) is 11.2. The van der Waals surface area contributed by atoms with Crippen molar-refractivity contribution in [3.05, 3.63) is 95.4 Å². The average molecular weight is 452 g/mol. The molecule has 0 saturated heterocycles. The van der Waals surface area contributed by atoms with Gasteiger partial charge in [0.25, 0.3) is 0 Å². The van der Waals surface area contributed by atoms with Gasteiger partial charge in [0, 0.05) is 54.6 Å². The summed E-state index contributed by atoms with van der Waals surface area (Å²) >= 11 is 0. The van der Waals surface area contributed by atoms with Gasteiger partial charge in [-0.15, -0.1) is 0 Å². The average Bonchev–Trinajstić information content (AvgIpc) is 2.88. The van der Waals surface area contributed by atoms with E-state index in [1.165, 1.54) is 7.11 Å². The molecule has 0 aliphatic carbocycles. The predicted molar refractivity (Wildman–Crippen MR) is 131 cm³/mol. The number of methoxy groups -OCH3 is 1. The Morgan fingerprint density at radius 1 is 1.00 bits per heavy atom. The number of pyridine rings is 1. The molecule has 1 aliphatic heterocycles. The van der Waals surface area contributed by atoms with Crippen molar-refractivity contribution in [1.82, 2.24) is 19.9 Å². The first-order chi connectivity index (χ1) is 16.6. The number of fused-ring (bicyclic) bond motifs is 1. The summed E-state index contributed by atoms with van der Waals surface area (Å²) in [6.45, 7) is 2.44. The van der Waals surface area contributed by atoms with Crippen LogP contribution in [0.15, 0.2) is 72.9 Å². The van der Waals surface area contributed by atoms with Crippen LogP contribution in [0.4, 0.5) is 5.69 Å². The minimum absolute atomic E-state index is 0.344. The minimum Gasteiger partial charge on any atom is -0.465 e. The van der Waals surface area contributed by atoms with Crippen molar-refractivity contribution < 1.29 is 9.53 Å². The number of nitrogens with two attached hydrogens (primary N) is 1. The smallest absolute Gasteiger partial charge is 0.337 e. The number of nitrogens with zero attached hydrogens (tertiary/aromatic N) is 4. The van der Waals surface area contributed by atoms with Gasteiger partial charge in [-0.3, -0.25) is 9.88 Å². The molecule has 34 heavy (non-hydrogen) atoms. The lowest BCUT2D eigenvalue weighted by molar-refractivity contribution is 0.0600. The Labute approximate surface area is 198 Å². The van der Waals surface area contributed by atoms with Crippen molar-refractivity contribution in [3.63, 3.8) is 0 Å². The van der Waals surface area contributed by atoms with E-state index in [0.717, 1.165) is 71.3 Å². The third-order valence-corrected chi connectivity index (χ3v) is 5.98. The van der Waals surface area contributed by atoms with Gasteiger partial charge in [0.1, 0.15) is 0 Å². The molecule has 1 aliphatic rings. The zero-order valence-electron chi connectivity index (χ0n) is 18.9. The van der Waals surface area contributed by atoms with E-state index < -0.39 is 0 Å². The molecule has 0 bridgehead atoms. The molecular formula is C27H25N5O2. The second-order valence-corrected chi connectivity index (χ2v) is 8.33. The largest absolute Gasteiger partial charge is 0.465 e.